The molecule has 0 bridgehead atoms. The number of benzene rings is 4. The lowest BCUT2D eigenvalue weighted by molar-refractivity contribution is 0.324. The fraction of sp³-hybridized carbons (Fsp3) is 0.207. The van der Waals surface area contributed by atoms with E-state index in [0.29, 0.717) is 29.2 Å². The predicted octanol–water partition coefficient (Wildman–Crippen LogP) is 5.94. The summed E-state index contributed by atoms with van der Waals surface area (Å²) in [5.74, 6) is 2.55. The maximum atomic E-state index is 11.2. The lowest BCUT2D eigenvalue weighted by Crippen LogP contribution is -2.19. The topological polar surface area (TPSA) is 72.8 Å². The summed E-state index contributed by atoms with van der Waals surface area (Å²) >= 11 is 0. The third-order valence-electron chi connectivity index (χ3n) is 6.53. The van der Waals surface area contributed by atoms with Crippen LogP contribution in [0.5, 0.6) is 28.7 Å². The van der Waals surface area contributed by atoms with Crippen molar-refractivity contribution in [2.75, 3.05) is 33.4 Å². The van der Waals surface area contributed by atoms with Crippen LogP contribution in [0.1, 0.15) is 23.6 Å². The van der Waals surface area contributed by atoms with Gasteiger partial charge in [-0.1, -0.05) is 48.5 Å². The first-order chi connectivity index (χ1) is 17.6. The number of hydrogen-bond acceptors (Lipinski definition) is 7. The van der Waals surface area contributed by atoms with Crippen LogP contribution in [0, 0.1) is 0 Å². The average molecular weight is 485 g/mol. The highest BCUT2D eigenvalue weighted by Gasteiger charge is 2.34. The Labute approximate surface area is 210 Å². The zero-order valence-corrected chi connectivity index (χ0v) is 20.7. The van der Waals surface area contributed by atoms with Crippen LogP contribution < -0.4 is 24.0 Å². The van der Waals surface area contributed by atoms with E-state index in [2.05, 4.69) is 0 Å². The van der Waals surface area contributed by atoms with Gasteiger partial charge in [0.2, 0.25) is 5.75 Å². The number of hydrazone groups is 1. The van der Waals surface area contributed by atoms with Crippen molar-refractivity contribution in [3.05, 3.63) is 83.9 Å². The van der Waals surface area contributed by atoms with Gasteiger partial charge in [-0.25, -0.2) is 0 Å². The minimum absolute atomic E-state index is 0.190. The van der Waals surface area contributed by atoms with Crippen molar-refractivity contribution >= 4 is 22.2 Å². The first-order valence-electron chi connectivity index (χ1n) is 11.6. The average Bonchev–Trinajstić information content (AvgIpc) is 3.37. The van der Waals surface area contributed by atoms with Gasteiger partial charge in [0.05, 0.1) is 45.9 Å². The van der Waals surface area contributed by atoms with Crippen LogP contribution in [-0.4, -0.2) is 39.3 Å². The number of fused-ring (bicyclic) bond motifs is 1. The highest BCUT2D eigenvalue weighted by molar-refractivity contribution is 6.09. The van der Waals surface area contributed by atoms with Crippen molar-refractivity contribution in [2.45, 2.75) is 12.5 Å². The van der Waals surface area contributed by atoms with Crippen molar-refractivity contribution in [3.8, 4) is 28.7 Å². The Kier molecular flexibility index (Phi) is 6.29. The Balaban J connectivity index is 1.68. The second kappa shape index (κ2) is 9.70. The molecule has 4 aromatic carbocycles. The van der Waals surface area contributed by atoms with Crippen molar-refractivity contribution in [1.29, 1.82) is 0 Å². The van der Waals surface area contributed by atoms with Crippen molar-refractivity contribution in [1.82, 2.24) is 0 Å². The first kappa shape index (κ1) is 23.4. The molecule has 0 aromatic heterocycles. The highest BCUT2D eigenvalue weighted by Crippen LogP contribution is 2.47. The lowest BCUT2D eigenvalue weighted by Gasteiger charge is -2.26. The fourth-order valence-electron chi connectivity index (χ4n) is 4.78. The Morgan fingerprint density at radius 3 is 2.14 bits per heavy atom. The summed E-state index contributed by atoms with van der Waals surface area (Å²) in [5, 5.41) is 19.9. The molecule has 1 heterocycles. The zero-order chi connectivity index (χ0) is 25.2. The lowest BCUT2D eigenvalue weighted by atomic mass is 9.95. The molecule has 1 atom stereocenters. The van der Waals surface area contributed by atoms with E-state index in [1.54, 1.807) is 28.4 Å². The minimum atomic E-state index is -0.190. The summed E-state index contributed by atoms with van der Waals surface area (Å²) < 4.78 is 22.4. The summed E-state index contributed by atoms with van der Waals surface area (Å²) in [4.78, 5) is 0. The summed E-state index contributed by atoms with van der Waals surface area (Å²) in [6.45, 7) is 0. The van der Waals surface area contributed by atoms with E-state index in [-0.39, 0.29) is 11.8 Å². The maximum absolute atomic E-state index is 11.2. The molecule has 0 fully saturated rings. The quantitative estimate of drug-likeness (QED) is 0.350. The van der Waals surface area contributed by atoms with Crippen LogP contribution in [0.4, 0.5) is 5.69 Å². The molecule has 0 amide bonds. The van der Waals surface area contributed by atoms with Gasteiger partial charge in [0.1, 0.15) is 11.5 Å². The SMILES string of the molecule is COc1ccccc1C1CC(c2ccc3ccccc3c2O)=NN1c1cc(OC)c(OC)c(OC)c1. The van der Waals surface area contributed by atoms with Crippen molar-refractivity contribution in [3.63, 3.8) is 0 Å². The third-order valence-corrected chi connectivity index (χ3v) is 6.53. The second-order valence-electron chi connectivity index (χ2n) is 8.42. The largest absolute Gasteiger partial charge is 0.507 e. The number of aromatic hydroxyl groups is 1. The molecule has 5 rings (SSSR count). The molecule has 0 saturated carbocycles. The predicted molar refractivity (Wildman–Crippen MR) is 141 cm³/mol. The van der Waals surface area contributed by atoms with Gasteiger partial charge in [-0.3, -0.25) is 5.01 Å². The van der Waals surface area contributed by atoms with Crippen LogP contribution in [0.3, 0.4) is 0 Å². The molecule has 0 spiro atoms. The number of rotatable bonds is 7. The Bertz CT molecular complexity index is 1420. The van der Waals surface area contributed by atoms with E-state index in [1.165, 1.54) is 0 Å². The van der Waals surface area contributed by atoms with Crippen LogP contribution in [0.15, 0.2) is 77.9 Å². The van der Waals surface area contributed by atoms with Gasteiger partial charge in [-0.2, -0.15) is 5.10 Å². The van der Waals surface area contributed by atoms with Crippen LogP contribution in [0.25, 0.3) is 10.8 Å². The standard InChI is InChI=1S/C29H28N2O5/c1-33-25-12-8-7-11-22(25)24-17-23(21-14-13-18-9-5-6-10-20(18)28(21)32)30-31(24)19-15-26(34-2)29(36-4)27(16-19)35-3/h5-16,24,32H,17H2,1-4H3. The molecule has 0 radical (unpaired) electrons. The first-order valence-corrected chi connectivity index (χ1v) is 11.6. The van der Waals surface area contributed by atoms with Gasteiger partial charge >= 0.3 is 0 Å². The van der Waals surface area contributed by atoms with Crippen LogP contribution >= 0.6 is 0 Å². The highest BCUT2D eigenvalue weighted by atomic mass is 16.5. The normalized spacial score (nSPS) is 15.1. The molecule has 4 aromatic rings. The van der Waals surface area contributed by atoms with Gasteiger partial charge in [0.15, 0.2) is 11.5 Å². The third kappa shape index (κ3) is 3.92. The van der Waals surface area contributed by atoms with E-state index < -0.39 is 0 Å². The second-order valence-corrected chi connectivity index (χ2v) is 8.42. The number of ether oxygens (including phenoxy) is 4. The molecule has 1 aliphatic heterocycles. The smallest absolute Gasteiger partial charge is 0.203 e. The number of phenols is 1. The van der Waals surface area contributed by atoms with E-state index >= 15 is 0 Å². The van der Waals surface area contributed by atoms with Gasteiger partial charge in [-0.15, -0.1) is 0 Å². The summed E-state index contributed by atoms with van der Waals surface area (Å²) in [6.07, 6.45) is 0.558. The molecule has 7 nitrogen and oxygen atoms in total. The molecule has 1 N–H and O–H groups in total. The number of methoxy groups -OCH3 is 4. The van der Waals surface area contributed by atoms with Gasteiger partial charge in [0, 0.05) is 35.1 Å². The number of nitrogens with zero attached hydrogens (tertiary/aromatic N) is 2. The molecule has 0 saturated heterocycles. The molecular formula is C29H28N2O5. The minimum Gasteiger partial charge on any atom is -0.507 e. The Hall–Kier alpha value is -4.39. The summed E-state index contributed by atoms with van der Waals surface area (Å²) in [7, 11) is 6.41. The molecule has 1 aliphatic rings. The monoisotopic (exact) mass is 484 g/mol. The number of para-hydroxylation sites is 1. The maximum Gasteiger partial charge on any atom is 0.203 e. The molecule has 184 valence electrons. The zero-order valence-electron chi connectivity index (χ0n) is 20.7. The van der Waals surface area contributed by atoms with Gasteiger partial charge in [0.25, 0.3) is 0 Å². The van der Waals surface area contributed by atoms with Crippen molar-refractivity contribution < 1.29 is 24.1 Å². The van der Waals surface area contributed by atoms with E-state index in [4.69, 9.17) is 24.0 Å². The fourth-order valence-corrected chi connectivity index (χ4v) is 4.78. The number of phenolic OH excluding ortho intramolecular Hbond substituents is 1. The molecule has 0 aliphatic carbocycles. The molecular weight excluding hydrogens is 456 g/mol. The molecule has 7 heteroatoms. The van der Waals surface area contributed by atoms with Gasteiger partial charge in [-0.05, 0) is 17.5 Å². The van der Waals surface area contributed by atoms with E-state index in [0.717, 1.165) is 33.5 Å². The number of anilines is 1. The molecule has 1 unspecified atom stereocenters. The Morgan fingerprint density at radius 1 is 0.778 bits per heavy atom. The van der Waals surface area contributed by atoms with E-state index in [9.17, 15) is 5.11 Å². The molecule has 36 heavy (non-hydrogen) atoms. The van der Waals surface area contributed by atoms with Crippen molar-refractivity contribution in [2.24, 2.45) is 5.10 Å². The van der Waals surface area contributed by atoms with Crippen LogP contribution in [-0.2, 0) is 0 Å². The van der Waals surface area contributed by atoms with Crippen LogP contribution in [0.2, 0.25) is 0 Å². The Morgan fingerprint density at radius 2 is 1.44 bits per heavy atom. The van der Waals surface area contributed by atoms with E-state index in [1.807, 2.05) is 77.8 Å². The summed E-state index contributed by atoms with van der Waals surface area (Å²) in [5.41, 5.74) is 3.20. The van der Waals surface area contributed by atoms with Gasteiger partial charge < -0.3 is 24.1 Å². The number of hydrogen-bond donors (Lipinski definition) is 1. The summed E-state index contributed by atoms with van der Waals surface area (Å²) in [6, 6.07) is 23.2.